The van der Waals surface area contributed by atoms with Crippen LogP contribution in [-0.2, 0) is 43.5 Å². The molecule has 0 radical (unpaired) electrons. The smallest absolute Gasteiger partial charge is 0.343 e. The molecule has 2 unspecified atom stereocenters. The molecular weight excluding hydrogens is 985 g/mol. The van der Waals surface area contributed by atoms with Crippen LogP contribution in [0.5, 0.6) is 11.5 Å². The maximum Gasteiger partial charge on any atom is 0.343 e. The van der Waals surface area contributed by atoms with Crippen molar-refractivity contribution in [3.63, 3.8) is 0 Å². The number of hydrogen-bond acceptors (Lipinski definition) is 8. The zero-order valence-electron chi connectivity index (χ0n) is 45.9. The Labute approximate surface area is 463 Å². The molecule has 78 heavy (non-hydrogen) atoms. The third kappa shape index (κ3) is 13.1. The lowest BCUT2D eigenvalue weighted by molar-refractivity contribution is -0.170. The van der Waals surface area contributed by atoms with Crippen LogP contribution in [0, 0.1) is 11.8 Å². The van der Waals surface area contributed by atoms with Crippen molar-refractivity contribution in [2.75, 3.05) is 0 Å². The molecule has 2 aliphatic heterocycles. The molecule has 2 N–H and O–H groups in total. The summed E-state index contributed by atoms with van der Waals surface area (Å²) in [7, 11) is -1.51. The highest BCUT2D eigenvalue weighted by molar-refractivity contribution is 6.76. The van der Waals surface area contributed by atoms with Crippen molar-refractivity contribution in [2.24, 2.45) is 11.8 Å². The van der Waals surface area contributed by atoms with E-state index in [1.165, 1.54) is 12.8 Å². The van der Waals surface area contributed by atoms with Gasteiger partial charge in [0.15, 0.2) is 0 Å². The number of benzene rings is 6. The topological polar surface area (TPSA) is 112 Å². The van der Waals surface area contributed by atoms with Crippen molar-refractivity contribution < 1.29 is 38.7 Å². The molecule has 9 heteroatoms. The summed E-state index contributed by atoms with van der Waals surface area (Å²) in [6.45, 7) is 9.69. The summed E-state index contributed by atoms with van der Waals surface area (Å²) in [5.41, 5.74) is 5.95. The Morgan fingerprint density at radius 3 is 1.29 bits per heavy atom. The van der Waals surface area contributed by atoms with Gasteiger partial charge in [-0.15, -0.1) is 0 Å². The van der Waals surface area contributed by atoms with Crippen LogP contribution in [0.15, 0.2) is 205 Å². The highest BCUT2D eigenvalue weighted by Crippen LogP contribution is 2.52. The average Bonchev–Trinajstić information content (AvgIpc) is 3.55. The van der Waals surface area contributed by atoms with Crippen LogP contribution in [0.1, 0.15) is 117 Å². The lowest BCUT2D eigenvalue weighted by Crippen LogP contribution is -2.45. The fourth-order valence-electron chi connectivity index (χ4n) is 12.0. The zero-order valence-corrected chi connectivity index (χ0v) is 46.9. The van der Waals surface area contributed by atoms with Gasteiger partial charge in [-0.3, -0.25) is 0 Å². The zero-order chi connectivity index (χ0) is 54.5. The highest BCUT2D eigenvalue weighted by atomic mass is 28.3. The third-order valence-corrected chi connectivity index (χ3v) is 17.4. The van der Waals surface area contributed by atoms with E-state index in [9.17, 15) is 19.8 Å². The monoisotopic (exact) mass is 1060 g/mol. The number of ether oxygens (including phenoxy) is 4. The Morgan fingerprint density at radius 2 is 0.910 bits per heavy atom. The summed E-state index contributed by atoms with van der Waals surface area (Å²) in [5, 5.41) is 23.2. The summed E-state index contributed by atoms with van der Waals surface area (Å²) in [5.74, 6) is 1.07. The van der Waals surface area contributed by atoms with Crippen molar-refractivity contribution in [1.29, 1.82) is 0 Å². The van der Waals surface area contributed by atoms with E-state index >= 15 is 0 Å². The maximum absolute atomic E-state index is 14.1. The largest absolute Gasteiger partial charge is 0.511 e. The SMILES string of the molecule is CC=C(C1=C(O)CC(c2ccccc2)(C2CCCCC2)OC1=O)c1cccc(OCc2ccccc2)c1.C[Si](C)(C)CC=C(C1=C(O)CC(c2ccccc2)(C2CCCCC2)OC1=O)c1cccc(OCc2ccccc2)c1. The predicted molar refractivity (Wildman–Crippen MR) is 314 cm³/mol. The Kier molecular flexibility index (Phi) is 18.0. The van der Waals surface area contributed by atoms with Gasteiger partial charge in [-0.05, 0) is 107 Å². The van der Waals surface area contributed by atoms with Gasteiger partial charge in [0.25, 0.3) is 0 Å². The molecule has 6 aromatic rings. The van der Waals surface area contributed by atoms with Crippen molar-refractivity contribution in [3.8, 4) is 11.5 Å². The van der Waals surface area contributed by atoms with E-state index in [2.05, 4.69) is 25.7 Å². The number of rotatable bonds is 16. The van der Waals surface area contributed by atoms with Gasteiger partial charge < -0.3 is 29.2 Å². The van der Waals surface area contributed by atoms with E-state index in [0.717, 1.165) is 102 Å². The number of carbonyl (C=O) groups excluding carboxylic acids is 2. The molecule has 10 rings (SSSR count). The fraction of sp³-hybridized carbons (Fsp3) is 0.333. The van der Waals surface area contributed by atoms with Crippen LogP contribution in [0.2, 0.25) is 25.7 Å². The summed E-state index contributed by atoms with van der Waals surface area (Å²) in [6.07, 6.45) is 15.4. The number of esters is 2. The van der Waals surface area contributed by atoms with Crippen LogP contribution in [0.3, 0.4) is 0 Å². The molecule has 2 aliphatic carbocycles. The molecule has 4 aliphatic rings. The Bertz CT molecular complexity index is 3110. The molecule has 2 saturated carbocycles. The van der Waals surface area contributed by atoms with Gasteiger partial charge in [-0.25, -0.2) is 9.59 Å². The van der Waals surface area contributed by atoms with Crippen LogP contribution < -0.4 is 9.47 Å². The lowest BCUT2D eigenvalue weighted by Gasteiger charge is -2.45. The molecule has 2 heterocycles. The van der Waals surface area contributed by atoms with Crippen LogP contribution >= 0.6 is 0 Å². The van der Waals surface area contributed by atoms with Gasteiger partial charge in [0, 0.05) is 19.9 Å². The first-order chi connectivity index (χ1) is 37.9. The number of aliphatic hydroxyl groups excluding tert-OH is 2. The van der Waals surface area contributed by atoms with E-state index in [1.54, 1.807) is 0 Å². The number of aliphatic hydroxyl groups is 2. The van der Waals surface area contributed by atoms with Crippen LogP contribution in [-0.4, -0.2) is 30.2 Å². The molecule has 0 aromatic heterocycles. The Hall–Kier alpha value is -7.36. The van der Waals surface area contributed by atoms with Crippen LogP contribution in [0.25, 0.3) is 11.1 Å². The normalized spacial score (nSPS) is 20.8. The Balaban J connectivity index is 0.000000191. The number of hydrogen-bond donors (Lipinski definition) is 2. The van der Waals surface area contributed by atoms with Gasteiger partial charge in [-0.1, -0.05) is 216 Å². The summed E-state index contributed by atoms with van der Waals surface area (Å²) >= 11 is 0. The predicted octanol–water partition coefficient (Wildman–Crippen LogP) is 17.1. The first-order valence-corrected chi connectivity index (χ1v) is 31.9. The number of cyclic esters (lactones) is 2. The second kappa shape index (κ2) is 25.4. The minimum absolute atomic E-state index is 0.0920. The van der Waals surface area contributed by atoms with Gasteiger partial charge >= 0.3 is 11.9 Å². The molecule has 404 valence electrons. The molecule has 0 bridgehead atoms. The standard InChI is InChI=1S/C36H42O4Si.C33H34O4/c1-41(2,3)23-22-32(28-16-13-21-31(24-28)39-26-27-14-7-4-8-15-27)34-33(37)25-36(40-35(34)38,29-17-9-5-10-18-29)30-19-11-6-12-20-30;1-2-29(25-15-12-20-28(21-25)36-23-24-13-6-3-7-14-24)31-30(34)22-33(37-32(31)35,26-16-8-4-9-17-26)27-18-10-5-11-19-27/h4-5,7-10,13-18,21-22,24,30,37H,6,11-12,19-20,23,25-26H2,1-3H3;2-4,6-9,12-17,20-21,27,34H,5,10-11,18-19,22-23H2,1H3. The van der Waals surface area contributed by atoms with Crippen molar-refractivity contribution >= 4 is 31.2 Å². The first kappa shape index (κ1) is 55.4. The van der Waals surface area contributed by atoms with Gasteiger partial charge in [-0.2, -0.15) is 0 Å². The minimum atomic E-state index is -1.51. The van der Waals surface area contributed by atoms with E-state index in [-0.39, 0.29) is 47.3 Å². The Morgan fingerprint density at radius 1 is 0.526 bits per heavy atom. The molecule has 0 amide bonds. The molecule has 0 spiro atoms. The van der Waals surface area contributed by atoms with E-state index in [1.807, 2.05) is 183 Å². The van der Waals surface area contributed by atoms with Gasteiger partial charge in [0.05, 0.1) is 12.8 Å². The molecule has 8 nitrogen and oxygen atoms in total. The van der Waals surface area contributed by atoms with Gasteiger partial charge in [0.1, 0.15) is 58.6 Å². The molecular formula is C69H76O8Si. The third-order valence-electron chi connectivity index (χ3n) is 16.0. The summed E-state index contributed by atoms with van der Waals surface area (Å²) in [6, 6.07) is 56.4. The molecule has 6 aromatic carbocycles. The van der Waals surface area contributed by atoms with Crippen LogP contribution in [0.4, 0.5) is 0 Å². The van der Waals surface area contributed by atoms with E-state index < -0.39 is 31.2 Å². The van der Waals surface area contributed by atoms with E-state index in [0.29, 0.717) is 24.5 Å². The molecule has 2 fully saturated rings. The number of allylic oxidation sites excluding steroid dienone is 2. The average molecular weight is 1060 g/mol. The highest BCUT2D eigenvalue weighted by Gasteiger charge is 2.51. The summed E-state index contributed by atoms with van der Waals surface area (Å²) in [4.78, 5) is 27.8. The quantitative estimate of drug-likeness (QED) is 0.0728. The minimum Gasteiger partial charge on any atom is -0.511 e. The fourth-order valence-corrected chi connectivity index (χ4v) is 12.8. The van der Waals surface area contributed by atoms with Crippen molar-refractivity contribution in [2.45, 2.75) is 134 Å². The maximum atomic E-state index is 14.1. The van der Waals surface area contributed by atoms with E-state index in [4.69, 9.17) is 18.9 Å². The molecule has 2 atom stereocenters. The number of carbonyl (C=O) groups is 2. The van der Waals surface area contributed by atoms with Gasteiger partial charge in [0.2, 0.25) is 0 Å². The second-order valence-corrected chi connectivity index (χ2v) is 28.2. The molecule has 0 saturated heterocycles. The van der Waals surface area contributed by atoms with Crippen molar-refractivity contribution in [3.05, 3.63) is 238 Å². The lowest BCUT2D eigenvalue weighted by atomic mass is 9.70. The second-order valence-electron chi connectivity index (χ2n) is 22.6. The first-order valence-electron chi connectivity index (χ1n) is 28.2. The van der Waals surface area contributed by atoms with Crippen molar-refractivity contribution in [1.82, 2.24) is 0 Å². The summed E-state index contributed by atoms with van der Waals surface area (Å²) < 4.78 is 25.1.